The first kappa shape index (κ1) is 25.5. The van der Waals surface area contributed by atoms with Gasteiger partial charge in [-0.05, 0) is 35.4 Å². The van der Waals surface area contributed by atoms with Gasteiger partial charge in [0.2, 0.25) is 0 Å². The Labute approximate surface area is 208 Å². The monoisotopic (exact) mass is 520 g/mol. The van der Waals surface area contributed by atoms with E-state index >= 15 is 0 Å². The van der Waals surface area contributed by atoms with E-state index in [1.807, 2.05) is 0 Å². The lowest BCUT2D eigenvalue weighted by molar-refractivity contribution is -0.138. The molecule has 0 aliphatic carbocycles. The molecule has 3 aromatic rings. The maximum absolute atomic E-state index is 13.8. The van der Waals surface area contributed by atoms with E-state index in [4.69, 9.17) is 5.84 Å². The van der Waals surface area contributed by atoms with Crippen LogP contribution in [0.3, 0.4) is 0 Å². The number of carbonyl (C=O) groups is 1. The van der Waals surface area contributed by atoms with E-state index in [9.17, 15) is 23.1 Å². The minimum absolute atomic E-state index is 0.00270. The van der Waals surface area contributed by atoms with Crippen LogP contribution in [0.1, 0.15) is 32.6 Å². The first-order chi connectivity index (χ1) is 17.1. The maximum Gasteiger partial charge on any atom is 0.416 e. The summed E-state index contributed by atoms with van der Waals surface area (Å²) in [5.74, 6) is 5.86. The van der Waals surface area contributed by atoms with Crippen LogP contribution in [0.5, 0.6) is 0 Å². The van der Waals surface area contributed by atoms with E-state index in [-0.39, 0.29) is 29.1 Å². The highest BCUT2D eigenvalue weighted by molar-refractivity contribution is 7.99. The zero-order chi connectivity index (χ0) is 26.2. The summed E-state index contributed by atoms with van der Waals surface area (Å²) in [4.78, 5) is 23.1. The second kappa shape index (κ2) is 9.79. The van der Waals surface area contributed by atoms with Gasteiger partial charge >= 0.3 is 6.18 Å². The molecule has 0 atom stereocenters. The number of hydrazine groups is 1. The van der Waals surface area contributed by atoms with Crippen molar-refractivity contribution in [3.8, 4) is 11.3 Å². The predicted molar refractivity (Wildman–Crippen MR) is 131 cm³/mol. The van der Waals surface area contributed by atoms with E-state index in [1.54, 1.807) is 43.4 Å². The Balaban J connectivity index is 1.86. The third kappa shape index (κ3) is 4.50. The molecule has 0 unspecified atom stereocenters. The molecule has 4 rings (SSSR count). The Bertz CT molecular complexity index is 1360. The molecule has 5 N–H and O–H groups in total. The lowest BCUT2D eigenvalue weighted by atomic mass is 9.99. The van der Waals surface area contributed by atoms with Crippen LogP contribution < -0.4 is 20.9 Å². The van der Waals surface area contributed by atoms with E-state index in [1.165, 1.54) is 22.9 Å². The van der Waals surface area contributed by atoms with Gasteiger partial charge in [0.25, 0.3) is 5.91 Å². The topological polar surface area (TPSA) is 134 Å². The van der Waals surface area contributed by atoms with E-state index < -0.39 is 24.3 Å². The number of halogens is 3. The smallest absolute Gasteiger partial charge is 0.392 e. The summed E-state index contributed by atoms with van der Waals surface area (Å²) in [6.45, 7) is -0.951. The van der Waals surface area contributed by atoms with E-state index in [2.05, 4.69) is 25.2 Å². The number of carbonyl (C=O) groups excluding carboxylic acids is 1. The summed E-state index contributed by atoms with van der Waals surface area (Å²) >= 11 is 1.26. The Morgan fingerprint density at radius 3 is 2.67 bits per heavy atom. The number of fused-ring (bicyclic) bond motifs is 1. The van der Waals surface area contributed by atoms with Crippen LogP contribution in [-0.2, 0) is 26.4 Å². The summed E-state index contributed by atoms with van der Waals surface area (Å²) in [6.07, 6.45) is -1.34. The average molecular weight is 521 g/mol. The van der Waals surface area contributed by atoms with Gasteiger partial charge in [-0.2, -0.15) is 18.3 Å². The summed E-state index contributed by atoms with van der Waals surface area (Å²) in [5.41, 5.74) is 3.06. The number of aromatic nitrogens is 3. The van der Waals surface area contributed by atoms with Crippen LogP contribution in [0.15, 0.2) is 35.5 Å². The third-order valence-corrected chi connectivity index (χ3v) is 6.13. The minimum Gasteiger partial charge on any atom is -0.392 e. The number of amidine groups is 1. The van der Waals surface area contributed by atoms with Gasteiger partial charge in [0.05, 0.1) is 36.2 Å². The van der Waals surface area contributed by atoms with Crippen LogP contribution in [-0.4, -0.2) is 44.9 Å². The largest absolute Gasteiger partial charge is 0.416 e. The predicted octanol–water partition coefficient (Wildman–Crippen LogP) is 2.68. The van der Waals surface area contributed by atoms with Crippen LogP contribution in [0.2, 0.25) is 0 Å². The highest BCUT2D eigenvalue weighted by Gasteiger charge is 2.41. The van der Waals surface area contributed by atoms with Crippen molar-refractivity contribution in [1.82, 2.24) is 20.2 Å². The number of amides is 1. The molecular formula is C22H23F3N8O2S. The quantitative estimate of drug-likeness (QED) is 0.128. The number of aliphatic hydroxyl groups excluding tert-OH is 1. The number of alkyl halides is 3. The second-order valence-electron chi connectivity index (χ2n) is 7.87. The summed E-state index contributed by atoms with van der Waals surface area (Å²) in [6, 6.07) is 5.48. The molecule has 0 saturated carbocycles. The van der Waals surface area contributed by atoms with Crippen molar-refractivity contribution >= 4 is 35.3 Å². The fourth-order valence-electron chi connectivity index (χ4n) is 4.16. The van der Waals surface area contributed by atoms with Crippen molar-refractivity contribution in [1.29, 1.82) is 0 Å². The van der Waals surface area contributed by atoms with Crippen molar-refractivity contribution in [3.05, 3.63) is 58.3 Å². The fourth-order valence-corrected chi connectivity index (χ4v) is 4.47. The number of nitrogens with one attached hydrogen (secondary N) is 2. The molecule has 0 spiro atoms. The SMILES string of the molecule is CN=C(NN)c1cnn(C)c1-c1cc(NSC)nc(N2Cc3c(cc(CO)cc3C(F)(F)F)C2=O)c1. The average Bonchev–Trinajstić information content (AvgIpc) is 3.38. The number of aryl methyl sites for hydroxylation is 1. The van der Waals surface area contributed by atoms with Crippen LogP contribution in [0.4, 0.5) is 24.8 Å². The maximum atomic E-state index is 13.8. The number of nitrogens with zero attached hydrogens (tertiary/aromatic N) is 5. The number of hydrogen-bond donors (Lipinski definition) is 4. The molecule has 0 saturated heterocycles. The highest BCUT2D eigenvalue weighted by atomic mass is 32.2. The summed E-state index contributed by atoms with van der Waals surface area (Å²) in [7, 11) is 3.27. The molecule has 190 valence electrons. The number of benzene rings is 1. The minimum atomic E-state index is -4.69. The molecule has 1 aliphatic rings. The molecule has 1 amide bonds. The van der Waals surface area contributed by atoms with Crippen molar-refractivity contribution < 1.29 is 23.1 Å². The van der Waals surface area contributed by atoms with Gasteiger partial charge in [0.15, 0.2) is 0 Å². The normalized spacial score (nSPS) is 13.8. The zero-order valence-corrected chi connectivity index (χ0v) is 20.3. The van der Waals surface area contributed by atoms with Crippen LogP contribution in [0, 0.1) is 0 Å². The number of aliphatic hydroxyl groups is 1. The third-order valence-electron chi connectivity index (χ3n) is 5.71. The molecule has 0 fully saturated rings. The van der Waals surface area contributed by atoms with Gasteiger partial charge in [0, 0.05) is 31.5 Å². The molecule has 36 heavy (non-hydrogen) atoms. The Morgan fingerprint density at radius 1 is 1.31 bits per heavy atom. The molecule has 2 aromatic heterocycles. The number of anilines is 2. The zero-order valence-electron chi connectivity index (χ0n) is 19.5. The number of hydrogen-bond acceptors (Lipinski definition) is 8. The first-order valence-corrected chi connectivity index (χ1v) is 11.8. The van der Waals surface area contributed by atoms with Crippen LogP contribution in [0.25, 0.3) is 11.3 Å². The number of pyridine rings is 1. The van der Waals surface area contributed by atoms with Crippen molar-refractivity contribution in [2.45, 2.75) is 19.3 Å². The second-order valence-corrected chi connectivity index (χ2v) is 8.48. The number of aliphatic imine (C=N–C) groups is 1. The molecule has 1 aromatic carbocycles. The van der Waals surface area contributed by atoms with Gasteiger partial charge in [0.1, 0.15) is 17.5 Å². The van der Waals surface area contributed by atoms with Crippen molar-refractivity contribution in [2.75, 3.05) is 22.9 Å². The molecule has 1 aliphatic heterocycles. The van der Waals surface area contributed by atoms with Crippen molar-refractivity contribution in [2.24, 2.45) is 17.9 Å². The van der Waals surface area contributed by atoms with Gasteiger partial charge in [-0.3, -0.25) is 19.4 Å². The molecule has 3 heterocycles. The highest BCUT2D eigenvalue weighted by Crippen LogP contribution is 2.40. The molecule has 0 bridgehead atoms. The van der Waals surface area contributed by atoms with Gasteiger partial charge in [-0.25, -0.2) is 10.8 Å². The lowest BCUT2D eigenvalue weighted by Gasteiger charge is -2.18. The van der Waals surface area contributed by atoms with Gasteiger partial charge in [-0.15, -0.1) is 0 Å². The Hall–Kier alpha value is -3.62. The molecule has 0 radical (unpaired) electrons. The standard InChI is InChI=1S/C22H23F3N8O2S/c1-27-20(30-26)14-8-28-32(2)19(14)12-6-17(31-36-3)29-18(7-12)33-9-15-13(21(33)35)4-11(10-34)5-16(15)22(23,24)25/h4-8,34H,9-10,26H2,1-3H3,(H,27,30)(H,29,31). The fraction of sp³-hybridized carbons (Fsp3) is 0.273. The molecule has 14 heteroatoms. The van der Waals surface area contributed by atoms with E-state index in [0.29, 0.717) is 28.5 Å². The van der Waals surface area contributed by atoms with Gasteiger partial charge < -0.3 is 15.3 Å². The van der Waals surface area contributed by atoms with Crippen molar-refractivity contribution in [3.63, 3.8) is 0 Å². The summed E-state index contributed by atoms with van der Waals surface area (Å²) < 4.78 is 46.0. The lowest BCUT2D eigenvalue weighted by Crippen LogP contribution is -2.31. The van der Waals surface area contributed by atoms with E-state index in [0.717, 1.165) is 6.07 Å². The Kier molecular flexibility index (Phi) is 6.93. The number of rotatable bonds is 6. The molecular weight excluding hydrogens is 497 g/mol. The van der Waals surface area contributed by atoms with Gasteiger partial charge in [-0.1, -0.05) is 11.9 Å². The Morgan fingerprint density at radius 2 is 2.06 bits per heavy atom. The number of nitrogens with two attached hydrogens (primary N) is 1. The summed E-state index contributed by atoms with van der Waals surface area (Å²) in [5, 5.41) is 13.7. The molecule has 10 nitrogen and oxygen atoms in total. The first-order valence-electron chi connectivity index (χ1n) is 10.6. The van der Waals surface area contributed by atoms with Crippen LogP contribution >= 0.6 is 11.9 Å².